The number of aliphatic hydroxyl groups excluding tert-OH is 1. The Morgan fingerprint density at radius 2 is 2.13 bits per heavy atom. The zero-order valence-corrected chi connectivity index (χ0v) is 15.8. The van der Waals surface area contributed by atoms with Crippen molar-refractivity contribution >= 4 is 17.2 Å². The molecule has 0 saturated carbocycles. The molecule has 0 radical (unpaired) electrons. The van der Waals surface area contributed by atoms with Gasteiger partial charge in [-0.1, -0.05) is 23.4 Å². The molecular formula is C20H17F2N5O3. The number of benzene rings is 1. The first-order valence-corrected chi connectivity index (χ1v) is 9.05. The van der Waals surface area contributed by atoms with Crippen molar-refractivity contribution in [3.63, 3.8) is 0 Å². The molecule has 0 aliphatic heterocycles. The minimum atomic E-state index is -2.90. The molecule has 4 rings (SSSR count). The number of aromatic nitrogens is 4. The molecule has 1 amide bonds. The molecule has 0 fully saturated rings. The Kier molecular flexibility index (Phi) is 5.23. The van der Waals surface area contributed by atoms with E-state index in [1.54, 1.807) is 40.9 Å². The zero-order valence-electron chi connectivity index (χ0n) is 15.8. The quantitative estimate of drug-likeness (QED) is 0.503. The van der Waals surface area contributed by atoms with Gasteiger partial charge in [-0.25, -0.2) is 13.8 Å². The number of fused-ring (bicyclic) bond motifs is 1. The van der Waals surface area contributed by atoms with E-state index < -0.39 is 19.0 Å². The number of alkyl halides is 2. The molecule has 0 saturated heterocycles. The molecule has 0 aliphatic carbocycles. The van der Waals surface area contributed by atoms with Crippen LogP contribution in [0.1, 0.15) is 21.9 Å². The van der Waals surface area contributed by atoms with E-state index in [4.69, 9.17) is 4.52 Å². The summed E-state index contributed by atoms with van der Waals surface area (Å²) in [5, 5.41) is 15.9. The van der Waals surface area contributed by atoms with Crippen molar-refractivity contribution in [2.75, 3.05) is 5.32 Å². The summed E-state index contributed by atoms with van der Waals surface area (Å²) < 4.78 is 31.6. The van der Waals surface area contributed by atoms with E-state index in [0.29, 0.717) is 22.6 Å². The van der Waals surface area contributed by atoms with Gasteiger partial charge in [-0.05, 0) is 30.7 Å². The summed E-state index contributed by atoms with van der Waals surface area (Å²) in [6.07, 6.45) is -1.99. The van der Waals surface area contributed by atoms with Crippen LogP contribution < -0.4 is 5.32 Å². The third-order valence-corrected chi connectivity index (χ3v) is 4.54. The number of halogens is 2. The van der Waals surface area contributed by atoms with Crippen molar-refractivity contribution < 1.29 is 23.2 Å². The molecule has 0 bridgehead atoms. The number of rotatable bonds is 6. The maximum Gasteiger partial charge on any atom is 0.274 e. The first kappa shape index (κ1) is 19.6. The van der Waals surface area contributed by atoms with Crippen molar-refractivity contribution in [3.05, 3.63) is 65.9 Å². The van der Waals surface area contributed by atoms with Gasteiger partial charge in [0, 0.05) is 17.4 Å². The van der Waals surface area contributed by atoms with E-state index in [-0.39, 0.29) is 17.6 Å². The van der Waals surface area contributed by atoms with Gasteiger partial charge in [-0.15, -0.1) is 0 Å². The normalized spacial score (nSPS) is 12.4. The number of carbonyl (C=O) groups is 1. The van der Waals surface area contributed by atoms with Gasteiger partial charge in [-0.2, -0.15) is 4.98 Å². The largest absolute Gasteiger partial charge is 0.387 e. The number of amides is 1. The lowest BCUT2D eigenvalue weighted by molar-refractivity contribution is -0.00754. The first-order valence-electron chi connectivity index (χ1n) is 9.05. The number of nitrogens with zero attached hydrogens (tertiary/aromatic N) is 4. The number of aryl methyl sites for hydroxylation is 1. The summed E-state index contributed by atoms with van der Waals surface area (Å²) in [4.78, 5) is 21.0. The molecule has 30 heavy (non-hydrogen) atoms. The number of nitrogens with one attached hydrogen (secondary N) is 1. The van der Waals surface area contributed by atoms with Gasteiger partial charge < -0.3 is 14.9 Å². The van der Waals surface area contributed by atoms with Crippen LogP contribution in [0.3, 0.4) is 0 Å². The van der Waals surface area contributed by atoms with E-state index in [1.807, 2.05) is 13.0 Å². The Morgan fingerprint density at radius 1 is 1.30 bits per heavy atom. The average molecular weight is 413 g/mol. The number of imidazole rings is 1. The Morgan fingerprint density at radius 3 is 2.93 bits per heavy atom. The maximum absolute atomic E-state index is 12.8. The molecule has 8 nitrogen and oxygen atoms in total. The third kappa shape index (κ3) is 3.90. The fraction of sp³-hybridized carbons (Fsp3) is 0.200. The molecule has 3 aromatic heterocycles. The van der Waals surface area contributed by atoms with Crippen molar-refractivity contribution in [2.45, 2.75) is 25.9 Å². The molecule has 154 valence electrons. The molecule has 2 N–H and O–H groups in total. The molecular weight excluding hydrogens is 396 g/mol. The van der Waals surface area contributed by atoms with E-state index in [1.165, 1.54) is 6.20 Å². The Bertz CT molecular complexity index is 1200. The highest BCUT2D eigenvalue weighted by Gasteiger charge is 2.21. The van der Waals surface area contributed by atoms with Gasteiger partial charge in [-0.3, -0.25) is 9.20 Å². The SMILES string of the molecule is Cc1ccc(-c2noc(C[C@H](O)C(F)F)n2)cc1NC(=O)c1cnc2ccccn12. The van der Waals surface area contributed by atoms with Crippen LogP contribution in [0.25, 0.3) is 17.0 Å². The van der Waals surface area contributed by atoms with Crippen LogP contribution in [0.15, 0.2) is 53.3 Å². The van der Waals surface area contributed by atoms with Gasteiger partial charge in [0.25, 0.3) is 12.3 Å². The van der Waals surface area contributed by atoms with Crippen LogP contribution in [0.2, 0.25) is 0 Å². The van der Waals surface area contributed by atoms with Crippen LogP contribution in [-0.4, -0.2) is 43.1 Å². The van der Waals surface area contributed by atoms with Crippen LogP contribution >= 0.6 is 0 Å². The van der Waals surface area contributed by atoms with Crippen molar-refractivity contribution in [3.8, 4) is 11.4 Å². The molecule has 0 unspecified atom stereocenters. The summed E-state index contributed by atoms with van der Waals surface area (Å²) in [6, 6.07) is 10.6. The Hall–Kier alpha value is -3.66. The Balaban J connectivity index is 1.57. The number of carbonyl (C=O) groups excluding carboxylic acids is 1. The number of hydrogen-bond acceptors (Lipinski definition) is 6. The molecule has 1 atom stereocenters. The van der Waals surface area contributed by atoms with Crippen LogP contribution in [0, 0.1) is 6.92 Å². The van der Waals surface area contributed by atoms with E-state index in [9.17, 15) is 18.7 Å². The van der Waals surface area contributed by atoms with Crippen molar-refractivity contribution in [1.82, 2.24) is 19.5 Å². The highest BCUT2D eigenvalue weighted by Crippen LogP contribution is 2.24. The number of aliphatic hydroxyl groups is 1. The maximum atomic E-state index is 12.8. The predicted octanol–water partition coefficient (Wildman–Crippen LogP) is 3.11. The van der Waals surface area contributed by atoms with Crippen LogP contribution in [0.4, 0.5) is 14.5 Å². The lowest BCUT2D eigenvalue weighted by Gasteiger charge is -2.09. The van der Waals surface area contributed by atoms with Crippen LogP contribution in [-0.2, 0) is 6.42 Å². The fourth-order valence-corrected chi connectivity index (χ4v) is 2.91. The minimum absolute atomic E-state index is 0.102. The van der Waals surface area contributed by atoms with Crippen molar-refractivity contribution in [1.29, 1.82) is 0 Å². The zero-order chi connectivity index (χ0) is 21.3. The molecule has 3 heterocycles. The van der Waals surface area contributed by atoms with E-state index in [0.717, 1.165) is 5.56 Å². The molecule has 0 spiro atoms. The number of pyridine rings is 1. The third-order valence-electron chi connectivity index (χ3n) is 4.54. The second-order valence-corrected chi connectivity index (χ2v) is 6.67. The number of anilines is 1. The lowest BCUT2D eigenvalue weighted by Crippen LogP contribution is -2.20. The standard InChI is InChI=1S/C20H17F2N5O3/c1-11-5-6-12(19-25-17(30-26-19)9-15(28)18(21)22)8-13(11)24-20(29)14-10-23-16-4-2-3-7-27(14)16/h2-8,10,15,18,28H,9H2,1H3,(H,24,29)/t15-/m0/s1. The summed E-state index contributed by atoms with van der Waals surface area (Å²) in [6.45, 7) is 1.83. The predicted molar refractivity (Wildman–Crippen MR) is 103 cm³/mol. The molecule has 10 heteroatoms. The van der Waals surface area contributed by atoms with Gasteiger partial charge >= 0.3 is 0 Å². The summed E-state index contributed by atoms with van der Waals surface area (Å²) in [7, 11) is 0. The summed E-state index contributed by atoms with van der Waals surface area (Å²) in [5.74, 6) is -0.283. The minimum Gasteiger partial charge on any atom is -0.387 e. The second-order valence-electron chi connectivity index (χ2n) is 6.67. The van der Waals surface area contributed by atoms with Gasteiger partial charge in [0.05, 0.1) is 12.6 Å². The lowest BCUT2D eigenvalue weighted by atomic mass is 10.1. The van der Waals surface area contributed by atoms with Gasteiger partial charge in [0.2, 0.25) is 11.7 Å². The summed E-state index contributed by atoms with van der Waals surface area (Å²) >= 11 is 0. The fourth-order valence-electron chi connectivity index (χ4n) is 2.91. The van der Waals surface area contributed by atoms with E-state index >= 15 is 0 Å². The van der Waals surface area contributed by atoms with Gasteiger partial charge in [0.15, 0.2) is 0 Å². The Labute approximate surface area is 169 Å². The monoisotopic (exact) mass is 413 g/mol. The number of hydrogen-bond donors (Lipinski definition) is 2. The summed E-state index contributed by atoms with van der Waals surface area (Å²) in [5.41, 5.74) is 2.88. The van der Waals surface area contributed by atoms with Gasteiger partial charge in [0.1, 0.15) is 17.4 Å². The van der Waals surface area contributed by atoms with Crippen LogP contribution in [0.5, 0.6) is 0 Å². The van der Waals surface area contributed by atoms with E-state index in [2.05, 4.69) is 20.4 Å². The smallest absolute Gasteiger partial charge is 0.274 e. The van der Waals surface area contributed by atoms with Crippen molar-refractivity contribution in [2.24, 2.45) is 0 Å². The second kappa shape index (κ2) is 7.99. The molecule has 0 aliphatic rings. The molecule has 1 aromatic carbocycles. The first-order chi connectivity index (χ1) is 14.4. The average Bonchev–Trinajstić information content (AvgIpc) is 3.36. The highest BCUT2D eigenvalue weighted by molar-refractivity contribution is 6.04. The topological polar surface area (TPSA) is 106 Å². The highest BCUT2D eigenvalue weighted by atomic mass is 19.3. The molecule has 4 aromatic rings.